The standard InChI is InChI=1S/C56H49BN2O2/c1-55(2,3)39-30-32-49-45(36-39)57-46-37-40(56(4,5)6)31-33-50(46)61-52-35-38(34-51(60-49)54(52)57)53-47(58(41-20-11-7-12-21-41)42-22-13-8-14-23-42)28-19-29-48(53)59(43-24-15-9-16-25-43)44-26-17-10-18-27-44/h7-37H,1-6H3. The molecule has 5 heteroatoms. The number of ether oxygens (including phenoxy) is 2. The average molecular weight is 793 g/mol. The third kappa shape index (κ3) is 6.94. The van der Waals surface area contributed by atoms with Crippen molar-refractivity contribution in [2.45, 2.75) is 52.4 Å². The van der Waals surface area contributed by atoms with Crippen LogP contribution in [0.4, 0.5) is 34.1 Å². The van der Waals surface area contributed by atoms with Crippen LogP contribution in [0.2, 0.25) is 0 Å². The highest BCUT2D eigenvalue weighted by Crippen LogP contribution is 2.51. The molecule has 0 saturated heterocycles. The molecule has 61 heavy (non-hydrogen) atoms. The number of para-hydroxylation sites is 4. The fourth-order valence-electron chi connectivity index (χ4n) is 8.94. The minimum atomic E-state index is -0.0684. The minimum absolute atomic E-state index is 0.0316. The first-order valence-corrected chi connectivity index (χ1v) is 21.3. The molecule has 0 bridgehead atoms. The van der Waals surface area contributed by atoms with Crippen molar-refractivity contribution in [1.29, 1.82) is 0 Å². The molecule has 0 amide bonds. The van der Waals surface area contributed by atoms with Crippen LogP contribution in [0.3, 0.4) is 0 Å². The van der Waals surface area contributed by atoms with Crippen molar-refractivity contribution in [3.8, 4) is 34.1 Å². The van der Waals surface area contributed by atoms with E-state index in [-0.39, 0.29) is 17.5 Å². The van der Waals surface area contributed by atoms with Gasteiger partial charge in [0.15, 0.2) is 0 Å². The Morgan fingerprint density at radius 1 is 0.377 bits per heavy atom. The molecule has 298 valence electrons. The Morgan fingerprint density at radius 3 is 1.08 bits per heavy atom. The number of fused-ring (bicyclic) bond motifs is 4. The summed E-state index contributed by atoms with van der Waals surface area (Å²) in [6.45, 7) is 13.6. The predicted octanol–water partition coefficient (Wildman–Crippen LogP) is 13.6. The van der Waals surface area contributed by atoms with Crippen molar-refractivity contribution in [2.75, 3.05) is 9.80 Å². The van der Waals surface area contributed by atoms with Gasteiger partial charge in [0.2, 0.25) is 0 Å². The molecule has 2 aliphatic heterocycles. The zero-order chi connectivity index (χ0) is 41.9. The number of benzene rings is 8. The number of rotatable bonds is 7. The molecule has 0 spiro atoms. The summed E-state index contributed by atoms with van der Waals surface area (Å²) in [7, 11) is 0. The zero-order valence-corrected chi connectivity index (χ0v) is 35.7. The third-order valence-corrected chi connectivity index (χ3v) is 12.1. The van der Waals surface area contributed by atoms with E-state index in [2.05, 4.69) is 239 Å². The van der Waals surface area contributed by atoms with Crippen molar-refractivity contribution in [2.24, 2.45) is 0 Å². The Kier molecular flexibility index (Phi) is 9.36. The van der Waals surface area contributed by atoms with Gasteiger partial charge in [0.25, 0.3) is 6.71 Å². The maximum Gasteiger partial charge on any atom is 0.260 e. The Hall–Kier alpha value is -6.98. The molecule has 10 rings (SSSR count). The van der Waals surface area contributed by atoms with Crippen LogP contribution in [0.15, 0.2) is 188 Å². The van der Waals surface area contributed by atoms with Gasteiger partial charge in [-0.05, 0) is 123 Å². The lowest BCUT2D eigenvalue weighted by molar-refractivity contribution is 0.464. The molecule has 0 fully saturated rings. The SMILES string of the molecule is CC(C)(C)c1ccc2c(c1)B1c3cc(C(C)(C)C)ccc3Oc3cc(-c4c(N(c5ccccc5)c5ccccc5)cccc4N(c4ccccc4)c4ccccc4)cc(c31)O2. The first kappa shape index (κ1) is 38.2. The molecule has 0 N–H and O–H groups in total. The quantitative estimate of drug-likeness (QED) is 0.150. The van der Waals surface area contributed by atoms with Gasteiger partial charge in [-0.25, -0.2) is 0 Å². The molecule has 0 aliphatic carbocycles. The summed E-state index contributed by atoms with van der Waals surface area (Å²) in [5, 5.41) is 0. The average Bonchev–Trinajstić information content (AvgIpc) is 3.27. The molecule has 8 aromatic carbocycles. The van der Waals surface area contributed by atoms with Gasteiger partial charge in [0.1, 0.15) is 23.0 Å². The molecule has 0 saturated carbocycles. The maximum absolute atomic E-state index is 7.10. The summed E-state index contributed by atoms with van der Waals surface area (Å²) < 4.78 is 14.2. The molecule has 8 aromatic rings. The summed E-state index contributed by atoms with van der Waals surface area (Å²) in [6.07, 6.45) is 0. The molecule has 2 aliphatic rings. The molecule has 0 unspecified atom stereocenters. The normalized spacial score (nSPS) is 12.7. The van der Waals surface area contributed by atoms with Crippen LogP contribution in [0.5, 0.6) is 23.0 Å². The first-order chi connectivity index (χ1) is 29.5. The molecule has 0 aromatic heterocycles. The monoisotopic (exact) mass is 792 g/mol. The van der Waals surface area contributed by atoms with Crippen LogP contribution < -0.4 is 35.7 Å². The zero-order valence-electron chi connectivity index (χ0n) is 35.7. The van der Waals surface area contributed by atoms with E-state index in [9.17, 15) is 0 Å². The third-order valence-electron chi connectivity index (χ3n) is 12.1. The summed E-state index contributed by atoms with van der Waals surface area (Å²) >= 11 is 0. The summed E-state index contributed by atoms with van der Waals surface area (Å²) in [5.74, 6) is 3.36. The second-order valence-electron chi connectivity index (χ2n) is 18.2. The Balaban J connectivity index is 1.27. The fourth-order valence-corrected chi connectivity index (χ4v) is 8.94. The van der Waals surface area contributed by atoms with Crippen molar-refractivity contribution in [3.63, 3.8) is 0 Å². The van der Waals surface area contributed by atoms with Crippen molar-refractivity contribution >= 4 is 57.2 Å². The molecular weight excluding hydrogens is 743 g/mol. The van der Waals surface area contributed by atoms with E-state index >= 15 is 0 Å². The lowest BCUT2D eigenvalue weighted by atomic mass is 9.34. The molecule has 0 atom stereocenters. The fraction of sp³-hybridized carbons (Fsp3) is 0.143. The minimum Gasteiger partial charge on any atom is -0.458 e. The Labute approximate surface area is 360 Å². The van der Waals surface area contributed by atoms with E-state index in [1.54, 1.807) is 0 Å². The van der Waals surface area contributed by atoms with Crippen LogP contribution in [0.1, 0.15) is 52.7 Å². The summed E-state index contributed by atoms with van der Waals surface area (Å²) in [6, 6.07) is 67.2. The highest BCUT2D eigenvalue weighted by atomic mass is 16.5. The van der Waals surface area contributed by atoms with Gasteiger partial charge in [-0.3, -0.25) is 0 Å². The molecular formula is C56H49BN2O2. The molecule has 4 nitrogen and oxygen atoms in total. The lowest BCUT2D eigenvalue weighted by Gasteiger charge is -2.36. The van der Waals surface area contributed by atoms with E-state index in [0.29, 0.717) is 0 Å². The summed E-state index contributed by atoms with van der Waals surface area (Å²) in [4.78, 5) is 4.71. The molecule has 0 radical (unpaired) electrons. The highest BCUT2D eigenvalue weighted by Gasteiger charge is 2.42. The number of hydrogen-bond donors (Lipinski definition) is 0. The van der Waals surface area contributed by atoms with E-state index in [1.165, 1.54) is 22.1 Å². The largest absolute Gasteiger partial charge is 0.458 e. The second kappa shape index (κ2) is 14.9. The Morgan fingerprint density at radius 2 is 0.738 bits per heavy atom. The van der Waals surface area contributed by atoms with E-state index in [1.807, 2.05) is 0 Å². The first-order valence-electron chi connectivity index (χ1n) is 21.3. The maximum atomic E-state index is 7.10. The van der Waals surface area contributed by atoms with E-state index in [4.69, 9.17) is 9.47 Å². The van der Waals surface area contributed by atoms with Crippen LogP contribution in [0.25, 0.3) is 11.1 Å². The van der Waals surface area contributed by atoms with Crippen molar-refractivity contribution < 1.29 is 9.47 Å². The van der Waals surface area contributed by atoms with Crippen LogP contribution in [0, 0.1) is 0 Å². The van der Waals surface area contributed by atoms with Crippen LogP contribution in [-0.2, 0) is 10.8 Å². The van der Waals surface area contributed by atoms with Crippen LogP contribution >= 0.6 is 0 Å². The highest BCUT2D eigenvalue weighted by molar-refractivity contribution is 6.98. The number of nitrogens with zero attached hydrogens (tertiary/aromatic N) is 2. The van der Waals surface area contributed by atoms with Gasteiger partial charge in [-0.15, -0.1) is 0 Å². The van der Waals surface area contributed by atoms with Gasteiger partial charge >= 0.3 is 0 Å². The van der Waals surface area contributed by atoms with Crippen LogP contribution in [-0.4, -0.2) is 6.71 Å². The van der Waals surface area contributed by atoms with Crippen molar-refractivity contribution in [1.82, 2.24) is 0 Å². The van der Waals surface area contributed by atoms with Gasteiger partial charge in [0, 0.05) is 33.8 Å². The smallest absolute Gasteiger partial charge is 0.260 e. The van der Waals surface area contributed by atoms with E-state index < -0.39 is 0 Å². The van der Waals surface area contributed by atoms with Gasteiger partial charge in [-0.2, -0.15) is 0 Å². The van der Waals surface area contributed by atoms with Gasteiger partial charge in [0.05, 0.1) is 11.4 Å². The summed E-state index contributed by atoms with van der Waals surface area (Å²) in [5.41, 5.74) is 14.2. The van der Waals surface area contributed by atoms with E-state index in [0.717, 1.165) is 73.7 Å². The second-order valence-corrected chi connectivity index (χ2v) is 18.2. The predicted molar refractivity (Wildman–Crippen MR) is 256 cm³/mol. The Bertz CT molecular complexity index is 2610. The lowest BCUT2D eigenvalue weighted by Crippen LogP contribution is -2.57. The number of hydrogen-bond acceptors (Lipinski definition) is 4. The number of anilines is 6. The van der Waals surface area contributed by atoms with Gasteiger partial charge < -0.3 is 19.3 Å². The van der Waals surface area contributed by atoms with Crippen molar-refractivity contribution in [3.05, 3.63) is 199 Å². The molecule has 2 heterocycles. The van der Waals surface area contributed by atoms with Gasteiger partial charge in [-0.1, -0.05) is 145 Å². The topological polar surface area (TPSA) is 24.9 Å².